The lowest BCUT2D eigenvalue weighted by Crippen LogP contribution is -2.35. The number of piperidine rings is 1. The average Bonchev–Trinajstić information content (AvgIpc) is 3.22. The predicted octanol–water partition coefficient (Wildman–Crippen LogP) is 3.19. The molecule has 6 heteroatoms. The Bertz CT molecular complexity index is 833. The molecule has 0 spiro atoms. The molecule has 0 radical (unpaired) electrons. The van der Waals surface area contributed by atoms with Crippen molar-refractivity contribution < 1.29 is 0 Å². The Kier molecular flexibility index (Phi) is 4.53. The molecule has 0 bridgehead atoms. The van der Waals surface area contributed by atoms with Gasteiger partial charge in [0.15, 0.2) is 0 Å². The first-order valence-electron chi connectivity index (χ1n) is 9.21. The van der Waals surface area contributed by atoms with Gasteiger partial charge < -0.3 is 4.98 Å². The van der Waals surface area contributed by atoms with Crippen molar-refractivity contribution in [1.82, 2.24) is 29.6 Å². The first kappa shape index (κ1) is 16.3. The molecule has 0 saturated carbocycles. The normalized spacial score (nSPS) is 19.1. The molecule has 25 heavy (non-hydrogen) atoms. The van der Waals surface area contributed by atoms with E-state index in [-0.39, 0.29) is 0 Å². The van der Waals surface area contributed by atoms with E-state index in [1.54, 1.807) is 6.33 Å². The fraction of sp³-hybridized carbons (Fsp3) is 0.526. The number of hydrogen-bond donors (Lipinski definition) is 1. The summed E-state index contributed by atoms with van der Waals surface area (Å²) in [5.74, 6) is 2.20. The average molecular weight is 338 g/mol. The van der Waals surface area contributed by atoms with Gasteiger partial charge in [-0.15, -0.1) is 0 Å². The van der Waals surface area contributed by atoms with Gasteiger partial charge in [0.05, 0.1) is 6.54 Å². The van der Waals surface area contributed by atoms with Crippen molar-refractivity contribution in [3.05, 3.63) is 42.2 Å². The van der Waals surface area contributed by atoms with Gasteiger partial charge in [-0.1, -0.05) is 13.8 Å². The molecule has 1 N–H and O–H groups in total. The van der Waals surface area contributed by atoms with E-state index in [2.05, 4.69) is 55.7 Å². The molecule has 1 unspecified atom stereocenters. The maximum Gasteiger partial charge on any atom is 0.141 e. The Balaban J connectivity index is 1.49. The molecule has 1 aliphatic heterocycles. The third-order valence-corrected chi connectivity index (χ3v) is 5.03. The minimum atomic E-state index is 0.549. The number of rotatable bonds is 5. The third-order valence-electron chi connectivity index (χ3n) is 5.03. The zero-order chi connectivity index (χ0) is 17.2. The molecule has 1 saturated heterocycles. The highest BCUT2D eigenvalue weighted by Crippen LogP contribution is 2.31. The largest absolute Gasteiger partial charge is 0.346 e. The molecule has 3 aromatic heterocycles. The van der Waals surface area contributed by atoms with Gasteiger partial charge in [0.1, 0.15) is 17.8 Å². The van der Waals surface area contributed by atoms with Crippen molar-refractivity contribution in [2.75, 3.05) is 13.1 Å². The molecular weight excluding hydrogens is 312 g/mol. The first-order chi connectivity index (χ1) is 12.2. The van der Waals surface area contributed by atoms with Crippen molar-refractivity contribution in [2.45, 2.75) is 45.7 Å². The second-order valence-electron chi connectivity index (χ2n) is 7.47. The number of fused-ring (bicyclic) bond motifs is 1. The smallest absolute Gasteiger partial charge is 0.141 e. The Hall–Kier alpha value is -2.21. The summed E-state index contributed by atoms with van der Waals surface area (Å²) in [5.41, 5.74) is 2.39. The Labute approximate surface area is 148 Å². The fourth-order valence-electron chi connectivity index (χ4n) is 3.88. The summed E-state index contributed by atoms with van der Waals surface area (Å²) < 4.78 is 2.06. The molecule has 3 aromatic rings. The van der Waals surface area contributed by atoms with E-state index in [0.29, 0.717) is 11.8 Å². The molecule has 4 rings (SSSR count). The Morgan fingerprint density at radius 1 is 1.32 bits per heavy atom. The van der Waals surface area contributed by atoms with Gasteiger partial charge in [0.25, 0.3) is 0 Å². The van der Waals surface area contributed by atoms with Gasteiger partial charge in [-0.05, 0) is 48.9 Å². The van der Waals surface area contributed by atoms with E-state index in [1.165, 1.54) is 23.8 Å². The second kappa shape index (κ2) is 6.96. The summed E-state index contributed by atoms with van der Waals surface area (Å²) in [7, 11) is 0. The molecule has 6 nitrogen and oxygen atoms in total. The highest BCUT2D eigenvalue weighted by atomic mass is 15.3. The van der Waals surface area contributed by atoms with E-state index in [0.717, 1.165) is 37.7 Å². The van der Waals surface area contributed by atoms with Gasteiger partial charge >= 0.3 is 0 Å². The van der Waals surface area contributed by atoms with Gasteiger partial charge in [0, 0.05) is 30.9 Å². The Morgan fingerprint density at radius 2 is 2.24 bits per heavy atom. The minimum absolute atomic E-state index is 0.549. The van der Waals surface area contributed by atoms with Crippen molar-refractivity contribution in [2.24, 2.45) is 5.92 Å². The monoisotopic (exact) mass is 338 g/mol. The van der Waals surface area contributed by atoms with Crippen LogP contribution in [0.5, 0.6) is 0 Å². The Morgan fingerprint density at radius 3 is 3.12 bits per heavy atom. The van der Waals surface area contributed by atoms with Crippen molar-refractivity contribution >= 4 is 11.0 Å². The van der Waals surface area contributed by atoms with Crippen LogP contribution in [0.25, 0.3) is 11.0 Å². The van der Waals surface area contributed by atoms with E-state index in [1.807, 2.05) is 12.3 Å². The summed E-state index contributed by atoms with van der Waals surface area (Å²) in [6.07, 6.45) is 8.13. The van der Waals surface area contributed by atoms with Crippen LogP contribution >= 0.6 is 0 Å². The van der Waals surface area contributed by atoms with Crippen molar-refractivity contribution in [3.63, 3.8) is 0 Å². The zero-order valence-electron chi connectivity index (χ0n) is 15.0. The topological polar surface area (TPSA) is 62.6 Å². The van der Waals surface area contributed by atoms with E-state index in [9.17, 15) is 0 Å². The van der Waals surface area contributed by atoms with E-state index >= 15 is 0 Å². The van der Waals surface area contributed by atoms with Crippen LogP contribution in [0.1, 0.15) is 44.0 Å². The standard InChI is InChI=1S/C19H26N6/c1-14(2)10-25-18(22-13-23-25)12-24-8-4-5-15(11-24)17-9-21-19-16(17)6-3-7-20-19/h3,6-7,9,13-15H,4-5,8,10-12H2,1-2H3,(H,20,21). The van der Waals surface area contributed by atoms with Crippen LogP contribution in [-0.2, 0) is 13.1 Å². The molecule has 4 heterocycles. The molecule has 1 atom stereocenters. The SMILES string of the molecule is CC(C)Cn1ncnc1CN1CCCC(c2c[nH]c3ncccc23)C1. The highest BCUT2D eigenvalue weighted by molar-refractivity contribution is 5.80. The van der Waals surface area contributed by atoms with Gasteiger partial charge in [0.2, 0.25) is 0 Å². The maximum absolute atomic E-state index is 4.50. The van der Waals surface area contributed by atoms with Gasteiger partial charge in [-0.3, -0.25) is 4.90 Å². The maximum atomic E-state index is 4.50. The van der Waals surface area contributed by atoms with Crippen LogP contribution in [0.3, 0.4) is 0 Å². The highest BCUT2D eigenvalue weighted by Gasteiger charge is 2.24. The lowest BCUT2D eigenvalue weighted by Gasteiger charge is -2.32. The van der Waals surface area contributed by atoms with Crippen molar-refractivity contribution in [3.8, 4) is 0 Å². The van der Waals surface area contributed by atoms with Gasteiger partial charge in [-0.25, -0.2) is 14.6 Å². The number of nitrogens with one attached hydrogen (secondary N) is 1. The first-order valence-corrected chi connectivity index (χ1v) is 9.21. The molecule has 0 aliphatic carbocycles. The zero-order valence-corrected chi connectivity index (χ0v) is 15.0. The quantitative estimate of drug-likeness (QED) is 0.776. The summed E-state index contributed by atoms with van der Waals surface area (Å²) in [6.45, 7) is 8.44. The number of nitrogens with zero attached hydrogens (tertiary/aromatic N) is 5. The molecule has 132 valence electrons. The molecule has 0 amide bonds. The molecule has 1 fully saturated rings. The van der Waals surface area contributed by atoms with Crippen LogP contribution in [0.2, 0.25) is 0 Å². The lowest BCUT2D eigenvalue weighted by atomic mass is 9.90. The molecule has 1 aliphatic rings. The summed E-state index contributed by atoms with van der Waals surface area (Å²) >= 11 is 0. The van der Waals surface area contributed by atoms with Crippen LogP contribution in [-0.4, -0.2) is 42.7 Å². The minimum Gasteiger partial charge on any atom is -0.346 e. The van der Waals surface area contributed by atoms with Gasteiger partial charge in [-0.2, -0.15) is 5.10 Å². The predicted molar refractivity (Wildman–Crippen MR) is 98.2 cm³/mol. The van der Waals surface area contributed by atoms with Crippen LogP contribution in [0, 0.1) is 5.92 Å². The van der Waals surface area contributed by atoms with Crippen molar-refractivity contribution in [1.29, 1.82) is 0 Å². The number of aromatic nitrogens is 5. The van der Waals surface area contributed by atoms with E-state index in [4.69, 9.17) is 0 Å². The fourth-order valence-corrected chi connectivity index (χ4v) is 3.88. The molecule has 0 aromatic carbocycles. The summed E-state index contributed by atoms with van der Waals surface area (Å²) in [4.78, 5) is 14.8. The lowest BCUT2D eigenvalue weighted by molar-refractivity contribution is 0.192. The van der Waals surface area contributed by atoms with Crippen LogP contribution in [0.15, 0.2) is 30.9 Å². The summed E-state index contributed by atoms with van der Waals surface area (Å²) in [5, 5.41) is 5.66. The third kappa shape index (κ3) is 3.44. The molecular formula is C19H26N6. The number of pyridine rings is 1. The van der Waals surface area contributed by atoms with E-state index < -0.39 is 0 Å². The number of likely N-dealkylation sites (tertiary alicyclic amines) is 1. The number of aromatic amines is 1. The van der Waals surface area contributed by atoms with Crippen LogP contribution < -0.4 is 0 Å². The van der Waals surface area contributed by atoms with Crippen LogP contribution in [0.4, 0.5) is 0 Å². The summed E-state index contributed by atoms with van der Waals surface area (Å²) in [6, 6.07) is 4.20. The number of hydrogen-bond acceptors (Lipinski definition) is 4. The second-order valence-corrected chi connectivity index (χ2v) is 7.47. The number of H-pyrrole nitrogens is 1.